The van der Waals surface area contributed by atoms with Crippen molar-refractivity contribution in [3.05, 3.63) is 69.9 Å². The molecule has 0 aromatic heterocycles. The van der Waals surface area contributed by atoms with Crippen molar-refractivity contribution in [1.82, 2.24) is 5.32 Å². The first-order valence-corrected chi connectivity index (χ1v) is 7.64. The summed E-state index contributed by atoms with van der Waals surface area (Å²) in [4.78, 5) is 0. The Morgan fingerprint density at radius 2 is 1.90 bits per heavy atom. The fourth-order valence-corrected chi connectivity index (χ4v) is 2.88. The summed E-state index contributed by atoms with van der Waals surface area (Å²) in [5.41, 5.74) is 1.75. The van der Waals surface area contributed by atoms with Gasteiger partial charge in [-0.1, -0.05) is 46.3 Å². The zero-order valence-corrected chi connectivity index (χ0v) is 13.7. The number of hydrogen-bond donors (Lipinski definition) is 1. The summed E-state index contributed by atoms with van der Waals surface area (Å²) in [6.45, 7) is 0. The topological polar surface area (TPSA) is 21.3 Å². The van der Waals surface area contributed by atoms with Gasteiger partial charge in [-0.25, -0.2) is 4.39 Å². The lowest BCUT2D eigenvalue weighted by atomic mass is 9.96. The minimum atomic E-state index is -0.193. The van der Waals surface area contributed by atoms with Crippen LogP contribution in [0.4, 0.5) is 4.39 Å². The molecule has 1 N–H and O–H groups in total. The fraction of sp³-hybridized carbons (Fsp3) is 0.294. The number of rotatable bonds is 6. The van der Waals surface area contributed by atoms with E-state index in [0.717, 1.165) is 10.0 Å². The van der Waals surface area contributed by atoms with Crippen molar-refractivity contribution < 1.29 is 9.13 Å². The molecule has 2 aromatic carbocycles. The van der Waals surface area contributed by atoms with Crippen LogP contribution >= 0.6 is 15.9 Å². The largest absolute Gasteiger partial charge is 0.375 e. The molecule has 0 fully saturated rings. The number of hydrogen-bond acceptors (Lipinski definition) is 2. The van der Waals surface area contributed by atoms with Gasteiger partial charge >= 0.3 is 0 Å². The summed E-state index contributed by atoms with van der Waals surface area (Å²) in [5.74, 6) is -0.193. The second-order valence-corrected chi connectivity index (χ2v) is 5.82. The maximum atomic E-state index is 13.9. The molecule has 0 bridgehead atoms. The van der Waals surface area contributed by atoms with E-state index in [1.165, 1.54) is 6.07 Å². The van der Waals surface area contributed by atoms with Crippen LogP contribution in [-0.2, 0) is 11.2 Å². The Bertz CT molecular complexity index is 576. The Morgan fingerprint density at radius 3 is 2.52 bits per heavy atom. The molecule has 0 saturated carbocycles. The highest BCUT2D eigenvalue weighted by Crippen LogP contribution is 2.25. The van der Waals surface area contributed by atoms with Gasteiger partial charge in [0.05, 0.1) is 6.10 Å². The van der Waals surface area contributed by atoms with Gasteiger partial charge in [-0.2, -0.15) is 0 Å². The van der Waals surface area contributed by atoms with Gasteiger partial charge < -0.3 is 10.1 Å². The average molecular weight is 352 g/mol. The predicted molar refractivity (Wildman–Crippen MR) is 86.8 cm³/mol. The molecule has 2 nitrogen and oxygen atoms in total. The summed E-state index contributed by atoms with van der Waals surface area (Å²) in [7, 11) is 3.55. The first-order valence-electron chi connectivity index (χ1n) is 6.84. The van der Waals surface area contributed by atoms with Gasteiger partial charge in [0.2, 0.25) is 0 Å². The van der Waals surface area contributed by atoms with Crippen LogP contribution in [0.2, 0.25) is 0 Å². The number of ether oxygens (including phenoxy) is 1. The van der Waals surface area contributed by atoms with Crippen LogP contribution in [0.15, 0.2) is 53.0 Å². The molecule has 2 aromatic rings. The van der Waals surface area contributed by atoms with Crippen LogP contribution < -0.4 is 5.32 Å². The molecule has 0 amide bonds. The van der Waals surface area contributed by atoms with Crippen LogP contribution in [0, 0.1) is 5.82 Å². The Hall–Kier alpha value is -1.23. The lowest BCUT2D eigenvalue weighted by Crippen LogP contribution is -2.35. The number of benzene rings is 2. The van der Waals surface area contributed by atoms with Gasteiger partial charge in [-0.05, 0) is 42.8 Å². The van der Waals surface area contributed by atoms with Gasteiger partial charge in [-0.15, -0.1) is 0 Å². The van der Waals surface area contributed by atoms with E-state index in [2.05, 4.69) is 21.2 Å². The quantitative estimate of drug-likeness (QED) is 0.845. The zero-order chi connectivity index (χ0) is 15.2. The van der Waals surface area contributed by atoms with E-state index in [0.29, 0.717) is 12.0 Å². The molecule has 21 heavy (non-hydrogen) atoms. The lowest BCUT2D eigenvalue weighted by Gasteiger charge is -2.26. The number of methoxy groups -OCH3 is 1. The van der Waals surface area contributed by atoms with Crippen molar-refractivity contribution in [2.24, 2.45) is 0 Å². The summed E-state index contributed by atoms with van der Waals surface area (Å²) in [5, 5.41) is 3.24. The van der Waals surface area contributed by atoms with Crippen LogP contribution in [0.3, 0.4) is 0 Å². The van der Waals surface area contributed by atoms with E-state index >= 15 is 0 Å². The first kappa shape index (κ1) is 16.1. The molecule has 112 valence electrons. The maximum absolute atomic E-state index is 13.9. The molecular weight excluding hydrogens is 333 g/mol. The smallest absolute Gasteiger partial charge is 0.126 e. The van der Waals surface area contributed by atoms with Gasteiger partial charge in [0.1, 0.15) is 5.82 Å². The van der Waals surface area contributed by atoms with Crippen LogP contribution in [0.25, 0.3) is 0 Å². The summed E-state index contributed by atoms with van der Waals surface area (Å²) in [6, 6.07) is 15.0. The Kier molecular flexibility index (Phi) is 5.91. The van der Waals surface area contributed by atoms with Gasteiger partial charge in [0.15, 0.2) is 0 Å². The summed E-state index contributed by atoms with van der Waals surface area (Å²) >= 11 is 3.39. The molecule has 0 saturated heterocycles. The highest BCUT2D eigenvalue weighted by atomic mass is 79.9. The van der Waals surface area contributed by atoms with E-state index in [4.69, 9.17) is 4.74 Å². The lowest BCUT2D eigenvalue weighted by molar-refractivity contribution is 0.0701. The van der Waals surface area contributed by atoms with Crippen LogP contribution in [0.1, 0.15) is 17.2 Å². The first-order chi connectivity index (χ1) is 10.2. The number of likely N-dealkylation sites (N-methyl/N-ethyl adjacent to an activating group) is 1. The monoisotopic (exact) mass is 351 g/mol. The minimum Gasteiger partial charge on any atom is -0.375 e. The summed E-state index contributed by atoms with van der Waals surface area (Å²) < 4.78 is 20.5. The van der Waals surface area contributed by atoms with E-state index in [1.54, 1.807) is 13.2 Å². The van der Waals surface area contributed by atoms with Crippen molar-refractivity contribution in [2.75, 3.05) is 14.2 Å². The molecule has 0 spiro atoms. The third-order valence-electron chi connectivity index (χ3n) is 3.57. The van der Waals surface area contributed by atoms with Crippen molar-refractivity contribution in [2.45, 2.75) is 18.6 Å². The normalized spacial score (nSPS) is 13.9. The Morgan fingerprint density at radius 1 is 1.19 bits per heavy atom. The summed E-state index contributed by atoms with van der Waals surface area (Å²) in [6.07, 6.45) is 0.421. The molecular formula is C17H19BrFNO. The van der Waals surface area contributed by atoms with Gasteiger partial charge in [0, 0.05) is 17.6 Å². The predicted octanol–water partition coefficient (Wildman–Crippen LogP) is 4.11. The van der Waals surface area contributed by atoms with Crippen molar-refractivity contribution in [1.29, 1.82) is 0 Å². The van der Waals surface area contributed by atoms with Crippen LogP contribution in [0.5, 0.6) is 0 Å². The highest BCUT2D eigenvalue weighted by Gasteiger charge is 2.23. The molecule has 2 unspecified atom stereocenters. The van der Waals surface area contributed by atoms with E-state index < -0.39 is 0 Å². The average Bonchev–Trinajstić information content (AvgIpc) is 2.51. The van der Waals surface area contributed by atoms with Crippen molar-refractivity contribution >= 4 is 15.9 Å². The van der Waals surface area contributed by atoms with Crippen LogP contribution in [-0.4, -0.2) is 20.2 Å². The van der Waals surface area contributed by atoms with Gasteiger partial charge in [-0.3, -0.25) is 0 Å². The van der Waals surface area contributed by atoms with Gasteiger partial charge in [0.25, 0.3) is 0 Å². The standard InChI is InChI=1S/C17H19BrFNO/c1-20-16(11-13-10-14(18)8-9-15(13)19)17(21-2)12-6-4-3-5-7-12/h3-10,16-17,20H,11H2,1-2H3. The third-order valence-corrected chi connectivity index (χ3v) is 4.06. The highest BCUT2D eigenvalue weighted by molar-refractivity contribution is 9.10. The Labute approximate surface area is 133 Å². The molecule has 0 aliphatic carbocycles. The molecule has 0 radical (unpaired) electrons. The second kappa shape index (κ2) is 7.69. The van der Waals surface area contributed by atoms with E-state index in [9.17, 15) is 4.39 Å². The second-order valence-electron chi connectivity index (χ2n) is 4.90. The zero-order valence-electron chi connectivity index (χ0n) is 12.1. The van der Waals surface area contributed by atoms with Crippen molar-refractivity contribution in [3.63, 3.8) is 0 Å². The molecule has 4 heteroatoms. The van der Waals surface area contributed by atoms with Crippen molar-refractivity contribution in [3.8, 4) is 0 Å². The number of nitrogens with one attached hydrogen (secondary N) is 1. The molecule has 0 aliphatic heterocycles. The molecule has 2 atom stereocenters. The Balaban J connectivity index is 2.24. The van der Waals surface area contributed by atoms with E-state index in [1.807, 2.05) is 43.4 Å². The SMILES string of the molecule is CNC(Cc1cc(Br)ccc1F)C(OC)c1ccccc1. The number of halogens is 2. The molecule has 0 aliphatic rings. The van der Waals surface area contributed by atoms with E-state index in [-0.39, 0.29) is 18.0 Å². The maximum Gasteiger partial charge on any atom is 0.126 e. The third kappa shape index (κ3) is 4.13. The minimum absolute atomic E-state index is 0.0128. The molecule has 2 rings (SSSR count). The fourth-order valence-electron chi connectivity index (χ4n) is 2.47. The molecule has 0 heterocycles.